The minimum Gasteiger partial charge on any atom is -0.460 e. The van der Waals surface area contributed by atoms with Crippen LogP contribution in [0.3, 0.4) is 0 Å². The van der Waals surface area contributed by atoms with Crippen molar-refractivity contribution in [3.8, 4) is 11.3 Å². The molecule has 0 atom stereocenters. The van der Waals surface area contributed by atoms with E-state index in [1.165, 1.54) is 18.4 Å². The molecule has 94 valence electrons. The Labute approximate surface area is 116 Å². The lowest BCUT2D eigenvalue weighted by molar-refractivity contribution is 0.492. The zero-order chi connectivity index (χ0) is 12.5. The Morgan fingerprint density at radius 2 is 2.11 bits per heavy atom. The number of hydrogen-bond acceptors (Lipinski definition) is 2. The van der Waals surface area contributed by atoms with Crippen LogP contribution in [0.2, 0.25) is 0 Å². The summed E-state index contributed by atoms with van der Waals surface area (Å²) in [4.78, 5) is 0. The molecule has 1 heterocycles. The number of furan rings is 1. The molecule has 18 heavy (non-hydrogen) atoms. The lowest BCUT2D eigenvalue weighted by Crippen LogP contribution is -2.14. The first-order valence-corrected chi connectivity index (χ1v) is 7.10. The number of hydrogen-bond donors (Lipinski definition) is 1. The number of nitrogens with one attached hydrogen (secondary N) is 1. The molecule has 0 bridgehead atoms. The van der Waals surface area contributed by atoms with Gasteiger partial charge in [0.15, 0.2) is 0 Å². The summed E-state index contributed by atoms with van der Waals surface area (Å²) in [6, 6.07) is 11.1. The van der Waals surface area contributed by atoms with Crippen LogP contribution in [0.15, 0.2) is 39.2 Å². The van der Waals surface area contributed by atoms with Crippen molar-refractivity contribution >= 4 is 15.9 Å². The van der Waals surface area contributed by atoms with Gasteiger partial charge in [0, 0.05) is 16.1 Å². The van der Waals surface area contributed by atoms with E-state index < -0.39 is 0 Å². The first-order valence-electron chi connectivity index (χ1n) is 6.31. The van der Waals surface area contributed by atoms with Crippen LogP contribution in [0, 0.1) is 6.92 Å². The lowest BCUT2D eigenvalue weighted by Gasteiger charge is -2.03. The van der Waals surface area contributed by atoms with E-state index in [0.29, 0.717) is 6.04 Å². The number of rotatable bonds is 4. The van der Waals surface area contributed by atoms with E-state index in [9.17, 15) is 0 Å². The second kappa shape index (κ2) is 4.90. The molecule has 1 aromatic heterocycles. The molecular formula is C15H16BrNO. The highest BCUT2D eigenvalue weighted by Crippen LogP contribution is 2.30. The van der Waals surface area contributed by atoms with Gasteiger partial charge in [0.25, 0.3) is 0 Å². The van der Waals surface area contributed by atoms with E-state index in [1.54, 1.807) is 0 Å². The first kappa shape index (κ1) is 12.0. The molecule has 3 heteroatoms. The molecule has 2 nitrogen and oxygen atoms in total. The third-order valence-corrected chi connectivity index (χ3v) is 3.85. The van der Waals surface area contributed by atoms with Crippen LogP contribution < -0.4 is 5.32 Å². The first-order chi connectivity index (χ1) is 8.72. The van der Waals surface area contributed by atoms with Crippen molar-refractivity contribution in [1.82, 2.24) is 5.32 Å². The monoisotopic (exact) mass is 305 g/mol. The maximum atomic E-state index is 5.88. The van der Waals surface area contributed by atoms with E-state index in [-0.39, 0.29) is 0 Å². The molecule has 0 saturated heterocycles. The van der Waals surface area contributed by atoms with Gasteiger partial charge in [-0.25, -0.2) is 0 Å². The summed E-state index contributed by atoms with van der Waals surface area (Å²) in [6.07, 6.45) is 2.61. The SMILES string of the molecule is Cc1ccc(-c2ccc(CNC3CC3)o2)c(Br)c1. The van der Waals surface area contributed by atoms with Gasteiger partial charge < -0.3 is 9.73 Å². The zero-order valence-corrected chi connectivity index (χ0v) is 12.0. The molecule has 0 amide bonds. The Bertz CT molecular complexity index is 557. The molecule has 0 unspecified atom stereocenters. The van der Waals surface area contributed by atoms with E-state index >= 15 is 0 Å². The van der Waals surface area contributed by atoms with Gasteiger partial charge in [-0.2, -0.15) is 0 Å². The molecule has 1 N–H and O–H groups in total. The van der Waals surface area contributed by atoms with Gasteiger partial charge in [-0.1, -0.05) is 22.0 Å². The average molecular weight is 306 g/mol. The molecule has 1 aromatic carbocycles. The Morgan fingerprint density at radius 1 is 1.28 bits per heavy atom. The van der Waals surface area contributed by atoms with Crippen molar-refractivity contribution in [2.75, 3.05) is 0 Å². The summed E-state index contributed by atoms with van der Waals surface area (Å²) in [7, 11) is 0. The van der Waals surface area contributed by atoms with Crippen LogP contribution in [0.1, 0.15) is 24.2 Å². The van der Waals surface area contributed by atoms with Crippen LogP contribution in [0.5, 0.6) is 0 Å². The van der Waals surface area contributed by atoms with Crippen molar-refractivity contribution in [2.24, 2.45) is 0 Å². The van der Waals surface area contributed by atoms with Crippen LogP contribution >= 0.6 is 15.9 Å². The normalized spacial score (nSPS) is 15.0. The largest absolute Gasteiger partial charge is 0.460 e. The average Bonchev–Trinajstić information content (AvgIpc) is 3.05. The van der Waals surface area contributed by atoms with E-state index in [0.717, 1.165) is 28.1 Å². The lowest BCUT2D eigenvalue weighted by atomic mass is 10.1. The van der Waals surface area contributed by atoms with Gasteiger partial charge in [-0.3, -0.25) is 0 Å². The quantitative estimate of drug-likeness (QED) is 0.912. The smallest absolute Gasteiger partial charge is 0.135 e. The molecule has 1 aliphatic rings. The van der Waals surface area contributed by atoms with Gasteiger partial charge in [0.2, 0.25) is 0 Å². The second-order valence-corrected chi connectivity index (χ2v) is 5.76. The Morgan fingerprint density at radius 3 is 2.83 bits per heavy atom. The summed E-state index contributed by atoms with van der Waals surface area (Å²) < 4.78 is 6.96. The summed E-state index contributed by atoms with van der Waals surface area (Å²) >= 11 is 3.59. The third-order valence-electron chi connectivity index (χ3n) is 3.19. The molecule has 1 aliphatic carbocycles. The summed E-state index contributed by atoms with van der Waals surface area (Å²) in [6.45, 7) is 2.91. The topological polar surface area (TPSA) is 25.2 Å². The maximum Gasteiger partial charge on any atom is 0.135 e. The molecule has 1 saturated carbocycles. The van der Waals surface area contributed by atoms with Crippen LogP contribution in [-0.2, 0) is 6.54 Å². The van der Waals surface area contributed by atoms with Crippen molar-refractivity contribution in [2.45, 2.75) is 32.4 Å². The molecule has 0 radical (unpaired) electrons. The maximum absolute atomic E-state index is 5.88. The number of halogens is 1. The molecule has 1 fully saturated rings. The van der Waals surface area contributed by atoms with Gasteiger partial charge >= 0.3 is 0 Å². The number of benzene rings is 1. The number of aryl methyl sites for hydroxylation is 1. The second-order valence-electron chi connectivity index (χ2n) is 4.90. The van der Waals surface area contributed by atoms with Crippen LogP contribution in [-0.4, -0.2) is 6.04 Å². The van der Waals surface area contributed by atoms with Crippen molar-refractivity contribution in [1.29, 1.82) is 0 Å². The fourth-order valence-corrected chi connectivity index (χ4v) is 2.66. The summed E-state index contributed by atoms with van der Waals surface area (Å²) in [5, 5.41) is 3.46. The van der Waals surface area contributed by atoms with Crippen LogP contribution in [0.4, 0.5) is 0 Å². The highest BCUT2D eigenvalue weighted by atomic mass is 79.9. The highest BCUT2D eigenvalue weighted by Gasteiger charge is 2.20. The van der Waals surface area contributed by atoms with Crippen molar-refractivity contribution < 1.29 is 4.42 Å². The Hall–Kier alpha value is -1.06. The van der Waals surface area contributed by atoms with Crippen LogP contribution in [0.25, 0.3) is 11.3 Å². The van der Waals surface area contributed by atoms with E-state index in [2.05, 4.69) is 52.4 Å². The Kier molecular flexibility index (Phi) is 3.27. The predicted octanol–water partition coefficient (Wildman–Crippen LogP) is 4.27. The van der Waals surface area contributed by atoms with Gasteiger partial charge in [-0.05, 0) is 49.6 Å². The Balaban J connectivity index is 1.78. The van der Waals surface area contributed by atoms with E-state index in [1.807, 2.05) is 6.07 Å². The zero-order valence-electron chi connectivity index (χ0n) is 10.4. The van der Waals surface area contributed by atoms with Gasteiger partial charge in [0.1, 0.15) is 11.5 Å². The molecule has 2 aromatic rings. The third kappa shape index (κ3) is 2.68. The summed E-state index contributed by atoms with van der Waals surface area (Å²) in [5.41, 5.74) is 2.35. The molecule has 0 spiro atoms. The minimum atomic E-state index is 0.713. The fraction of sp³-hybridized carbons (Fsp3) is 0.333. The van der Waals surface area contributed by atoms with Gasteiger partial charge in [-0.15, -0.1) is 0 Å². The predicted molar refractivity (Wildman–Crippen MR) is 76.4 cm³/mol. The minimum absolute atomic E-state index is 0.713. The van der Waals surface area contributed by atoms with Gasteiger partial charge in [0.05, 0.1) is 6.54 Å². The fourth-order valence-electron chi connectivity index (χ4n) is 1.97. The standard InChI is InChI=1S/C15H16BrNO/c1-10-2-6-13(14(16)8-10)15-7-5-12(18-15)9-17-11-3-4-11/h2,5-8,11,17H,3-4,9H2,1H3. The van der Waals surface area contributed by atoms with Crippen molar-refractivity contribution in [3.63, 3.8) is 0 Å². The molecule has 3 rings (SSSR count). The molecule has 0 aliphatic heterocycles. The highest BCUT2D eigenvalue weighted by molar-refractivity contribution is 9.10. The summed E-state index contributed by atoms with van der Waals surface area (Å²) in [5.74, 6) is 1.93. The van der Waals surface area contributed by atoms with E-state index in [4.69, 9.17) is 4.42 Å². The molecular weight excluding hydrogens is 290 g/mol. The van der Waals surface area contributed by atoms with Crippen molar-refractivity contribution in [3.05, 3.63) is 46.1 Å².